The van der Waals surface area contributed by atoms with Crippen molar-refractivity contribution < 1.29 is 4.79 Å². The van der Waals surface area contributed by atoms with Gasteiger partial charge in [0.1, 0.15) is 6.54 Å². The first-order chi connectivity index (χ1) is 9.63. The Labute approximate surface area is 121 Å². The summed E-state index contributed by atoms with van der Waals surface area (Å²) >= 11 is 0. The normalized spacial score (nSPS) is 15.9. The molecule has 1 aliphatic rings. The van der Waals surface area contributed by atoms with Gasteiger partial charge in [-0.1, -0.05) is 26.7 Å². The average molecular weight is 278 g/mol. The molecule has 0 aromatic carbocycles. The van der Waals surface area contributed by atoms with Gasteiger partial charge in [-0.2, -0.15) is 0 Å². The molecule has 2 rings (SSSR count). The Morgan fingerprint density at radius 3 is 2.90 bits per heavy atom. The van der Waals surface area contributed by atoms with E-state index in [1.165, 1.54) is 12.8 Å². The topological polar surface area (TPSA) is 59.0 Å². The monoisotopic (exact) mass is 278 g/mol. The standard InChI is InChI=1S/C15H26N4O/c1-12(2)7-16-8-14-9-19(11-17-14)10-15(20)18-13-5-3-4-6-13/h9,11-13,16H,3-8,10H2,1-2H3,(H,18,20). The van der Waals surface area contributed by atoms with Crippen LogP contribution in [0.1, 0.15) is 45.2 Å². The van der Waals surface area contributed by atoms with Gasteiger partial charge in [0.25, 0.3) is 0 Å². The van der Waals surface area contributed by atoms with Gasteiger partial charge in [-0.25, -0.2) is 4.98 Å². The van der Waals surface area contributed by atoms with Crippen LogP contribution < -0.4 is 10.6 Å². The van der Waals surface area contributed by atoms with Gasteiger partial charge in [-0.05, 0) is 25.3 Å². The van der Waals surface area contributed by atoms with E-state index in [1.54, 1.807) is 6.33 Å². The lowest BCUT2D eigenvalue weighted by Crippen LogP contribution is -2.34. The molecule has 0 atom stereocenters. The van der Waals surface area contributed by atoms with Crippen LogP contribution in [0.4, 0.5) is 0 Å². The maximum absolute atomic E-state index is 11.9. The van der Waals surface area contributed by atoms with Crippen molar-refractivity contribution in [3.8, 4) is 0 Å². The van der Waals surface area contributed by atoms with Crippen LogP contribution in [0, 0.1) is 5.92 Å². The summed E-state index contributed by atoms with van der Waals surface area (Å²) in [5, 5.41) is 6.44. The van der Waals surface area contributed by atoms with Gasteiger partial charge in [-0.15, -0.1) is 0 Å². The lowest BCUT2D eigenvalue weighted by Gasteiger charge is -2.11. The Kier molecular flexibility index (Phi) is 5.59. The number of hydrogen-bond donors (Lipinski definition) is 2. The Morgan fingerprint density at radius 2 is 2.20 bits per heavy atom. The van der Waals surface area contributed by atoms with Crippen molar-refractivity contribution in [2.24, 2.45) is 5.92 Å². The van der Waals surface area contributed by atoms with E-state index in [0.29, 0.717) is 18.5 Å². The van der Waals surface area contributed by atoms with Crippen LogP contribution in [0.25, 0.3) is 0 Å². The molecular weight excluding hydrogens is 252 g/mol. The fourth-order valence-electron chi connectivity index (χ4n) is 2.58. The molecule has 2 N–H and O–H groups in total. The van der Waals surface area contributed by atoms with Crippen LogP contribution in [0.5, 0.6) is 0 Å². The molecule has 1 aliphatic carbocycles. The lowest BCUT2D eigenvalue weighted by atomic mass is 10.2. The van der Waals surface area contributed by atoms with Crippen molar-refractivity contribution >= 4 is 5.91 Å². The number of nitrogens with one attached hydrogen (secondary N) is 2. The predicted octanol–water partition coefficient (Wildman–Crippen LogP) is 1.69. The van der Waals surface area contributed by atoms with Gasteiger partial charge in [0.2, 0.25) is 5.91 Å². The van der Waals surface area contributed by atoms with E-state index in [9.17, 15) is 4.79 Å². The Balaban J connectivity index is 1.72. The number of carbonyl (C=O) groups is 1. The van der Waals surface area contributed by atoms with E-state index in [4.69, 9.17) is 0 Å². The maximum Gasteiger partial charge on any atom is 0.240 e. The van der Waals surface area contributed by atoms with E-state index < -0.39 is 0 Å². The third-order valence-electron chi connectivity index (χ3n) is 3.59. The van der Waals surface area contributed by atoms with Crippen molar-refractivity contribution in [1.82, 2.24) is 20.2 Å². The fourth-order valence-corrected chi connectivity index (χ4v) is 2.58. The summed E-state index contributed by atoms with van der Waals surface area (Å²) in [7, 11) is 0. The fraction of sp³-hybridized carbons (Fsp3) is 0.733. The molecule has 5 heteroatoms. The third-order valence-corrected chi connectivity index (χ3v) is 3.59. The summed E-state index contributed by atoms with van der Waals surface area (Å²) in [4.78, 5) is 16.2. The number of aromatic nitrogens is 2. The smallest absolute Gasteiger partial charge is 0.240 e. The zero-order valence-electron chi connectivity index (χ0n) is 12.6. The minimum absolute atomic E-state index is 0.0935. The molecule has 1 aromatic heterocycles. The number of rotatable bonds is 7. The molecule has 0 aliphatic heterocycles. The highest BCUT2D eigenvalue weighted by Crippen LogP contribution is 2.17. The molecule has 1 heterocycles. The molecule has 0 saturated heterocycles. The van der Waals surface area contributed by atoms with Crippen molar-refractivity contribution in [1.29, 1.82) is 0 Å². The van der Waals surface area contributed by atoms with Crippen molar-refractivity contribution in [2.45, 2.75) is 58.7 Å². The zero-order valence-corrected chi connectivity index (χ0v) is 12.6. The number of amides is 1. The quantitative estimate of drug-likeness (QED) is 0.798. The largest absolute Gasteiger partial charge is 0.352 e. The van der Waals surface area contributed by atoms with Gasteiger partial charge < -0.3 is 15.2 Å². The van der Waals surface area contributed by atoms with Gasteiger partial charge >= 0.3 is 0 Å². The highest BCUT2D eigenvalue weighted by Gasteiger charge is 2.17. The molecular formula is C15H26N4O. The van der Waals surface area contributed by atoms with E-state index >= 15 is 0 Å². The molecule has 1 aromatic rings. The van der Waals surface area contributed by atoms with E-state index in [1.807, 2.05) is 10.8 Å². The van der Waals surface area contributed by atoms with Gasteiger partial charge in [0.15, 0.2) is 0 Å². The van der Waals surface area contributed by atoms with Crippen LogP contribution in [0.2, 0.25) is 0 Å². The highest BCUT2D eigenvalue weighted by atomic mass is 16.2. The molecule has 1 amide bonds. The van der Waals surface area contributed by atoms with Crippen molar-refractivity contribution in [3.05, 3.63) is 18.2 Å². The molecule has 1 fully saturated rings. The van der Waals surface area contributed by atoms with E-state index in [2.05, 4.69) is 29.5 Å². The molecule has 20 heavy (non-hydrogen) atoms. The highest BCUT2D eigenvalue weighted by molar-refractivity contribution is 5.76. The number of imidazole rings is 1. The third kappa shape index (κ3) is 4.96. The predicted molar refractivity (Wildman–Crippen MR) is 79.2 cm³/mol. The first-order valence-corrected chi connectivity index (χ1v) is 7.64. The number of nitrogens with zero attached hydrogens (tertiary/aromatic N) is 2. The number of carbonyl (C=O) groups excluding carboxylic acids is 1. The lowest BCUT2D eigenvalue weighted by molar-refractivity contribution is -0.122. The van der Waals surface area contributed by atoms with E-state index in [0.717, 1.165) is 31.6 Å². The summed E-state index contributed by atoms with van der Waals surface area (Å²) in [6, 6.07) is 0.387. The van der Waals surface area contributed by atoms with Crippen LogP contribution in [-0.4, -0.2) is 28.0 Å². The van der Waals surface area contributed by atoms with Gasteiger partial charge in [0.05, 0.1) is 12.0 Å². The molecule has 5 nitrogen and oxygen atoms in total. The molecule has 0 spiro atoms. The van der Waals surface area contributed by atoms with E-state index in [-0.39, 0.29) is 5.91 Å². The van der Waals surface area contributed by atoms with Crippen LogP contribution >= 0.6 is 0 Å². The maximum atomic E-state index is 11.9. The van der Waals surface area contributed by atoms with Crippen LogP contribution in [0.15, 0.2) is 12.5 Å². The van der Waals surface area contributed by atoms with Gasteiger partial charge in [-0.3, -0.25) is 4.79 Å². The molecule has 0 radical (unpaired) electrons. The summed E-state index contributed by atoms with van der Waals surface area (Å²) in [5.41, 5.74) is 0.985. The average Bonchev–Trinajstić information content (AvgIpc) is 3.01. The Morgan fingerprint density at radius 1 is 1.45 bits per heavy atom. The minimum Gasteiger partial charge on any atom is -0.352 e. The minimum atomic E-state index is 0.0935. The number of hydrogen-bond acceptors (Lipinski definition) is 3. The molecule has 112 valence electrons. The molecule has 1 saturated carbocycles. The SMILES string of the molecule is CC(C)CNCc1cn(CC(=O)NC2CCCC2)cn1. The van der Waals surface area contributed by atoms with Crippen molar-refractivity contribution in [2.75, 3.05) is 6.54 Å². The van der Waals surface area contributed by atoms with Crippen LogP contribution in [-0.2, 0) is 17.9 Å². The Hall–Kier alpha value is -1.36. The second-order valence-corrected chi connectivity index (χ2v) is 6.11. The molecule has 0 unspecified atom stereocenters. The van der Waals surface area contributed by atoms with Gasteiger partial charge in [0, 0.05) is 18.8 Å². The summed E-state index contributed by atoms with van der Waals surface area (Å²) in [6.07, 6.45) is 8.41. The summed E-state index contributed by atoms with van der Waals surface area (Å²) in [5.74, 6) is 0.727. The Bertz CT molecular complexity index is 421. The van der Waals surface area contributed by atoms with Crippen LogP contribution in [0.3, 0.4) is 0 Å². The molecule has 0 bridgehead atoms. The summed E-state index contributed by atoms with van der Waals surface area (Å²) < 4.78 is 1.86. The first-order valence-electron chi connectivity index (χ1n) is 7.64. The van der Waals surface area contributed by atoms with Crippen molar-refractivity contribution in [3.63, 3.8) is 0 Å². The first kappa shape index (κ1) is 15.0. The zero-order chi connectivity index (χ0) is 14.4. The second kappa shape index (κ2) is 7.43. The summed E-state index contributed by atoms with van der Waals surface area (Å²) in [6.45, 7) is 6.47. The second-order valence-electron chi connectivity index (χ2n) is 6.11.